The molecule has 2 unspecified atom stereocenters. The summed E-state index contributed by atoms with van der Waals surface area (Å²) >= 11 is 13.1. The van der Waals surface area contributed by atoms with E-state index in [1.807, 2.05) is 13.8 Å². The molecule has 1 N–H and O–H groups in total. The Balaban J connectivity index is 1.93. The number of rotatable bonds is 5. The Bertz CT molecular complexity index is 928. The second kappa shape index (κ2) is 7.88. The third kappa shape index (κ3) is 4.15. The number of aromatic nitrogens is 2. The molecule has 0 bridgehead atoms. The second-order valence-corrected chi connectivity index (χ2v) is 7.98. The first kappa shape index (κ1) is 19.0. The highest BCUT2D eigenvalue weighted by molar-refractivity contribution is 7.18. The van der Waals surface area contributed by atoms with Crippen molar-refractivity contribution in [1.29, 1.82) is 0 Å². The van der Waals surface area contributed by atoms with Crippen molar-refractivity contribution in [3.63, 3.8) is 0 Å². The number of nitrogens with zero attached hydrogens (tertiary/aromatic N) is 2. The van der Waals surface area contributed by atoms with Gasteiger partial charge in [0.2, 0.25) is 0 Å². The normalized spacial score (nSPS) is 13.8. The van der Waals surface area contributed by atoms with Crippen molar-refractivity contribution in [1.82, 2.24) is 9.97 Å². The summed E-state index contributed by atoms with van der Waals surface area (Å²) in [6, 6.07) is 8.36. The topological polar surface area (TPSA) is 72.3 Å². The number of carbonyl (C=O) groups is 1. The molecule has 26 heavy (non-hydrogen) atoms. The minimum atomic E-state index is -0.907. The van der Waals surface area contributed by atoms with Gasteiger partial charge in [-0.25, -0.2) is 14.8 Å². The van der Waals surface area contributed by atoms with Crippen LogP contribution in [0.5, 0.6) is 0 Å². The largest absolute Gasteiger partial charge is 0.449 e. The summed E-state index contributed by atoms with van der Waals surface area (Å²) in [5.41, 5.74) is 0.985. The van der Waals surface area contributed by atoms with Gasteiger partial charge < -0.3 is 9.84 Å². The molecule has 3 aromatic rings. The first-order valence-corrected chi connectivity index (χ1v) is 9.49. The Morgan fingerprint density at radius 1 is 1.23 bits per heavy atom. The van der Waals surface area contributed by atoms with Gasteiger partial charge in [0.15, 0.2) is 6.10 Å². The van der Waals surface area contributed by atoms with Gasteiger partial charge in [0, 0.05) is 11.2 Å². The molecule has 2 heterocycles. The highest BCUT2D eigenvalue weighted by Gasteiger charge is 2.31. The lowest BCUT2D eigenvalue weighted by Gasteiger charge is -2.24. The van der Waals surface area contributed by atoms with E-state index in [2.05, 4.69) is 9.97 Å². The Hall–Kier alpha value is -1.73. The maximum Gasteiger partial charge on any atom is 0.340 e. The minimum absolute atomic E-state index is 0.133. The number of ether oxygens (including phenoxy) is 1. The number of esters is 1. The molecule has 0 aliphatic rings. The van der Waals surface area contributed by atoms with E-state index >= 15 is 0 Å². The number of pyridine rings is 1. The van der Waals surface area contributed by atoms with Crippen molar-refractivity contribution < 1.29 is 14.6 Å². The van der Waals surface area contributed by atoms with Crippen molar-refractivity contribution in [3.8, 4) is 0 Å². The van der Waals surface area contributed by atoms with Crippen LogP contribution in [0.15, 0.2) is 36.5 Å². The number of aliphatic hydroxyl groups is 1. The molecule has 0 spiro atoms. The summed E-state index contributed by atoms with van der Waals surface area (Å²) in [4.78, 5) is 20.9. The summed E-state index contributed by atoms with van der Waals surface area (Å²) < 4.78 is 6.45. The van der Waals surface area contributed by atoms with E-state index in [1.54, 1.807) is 18.2 Å². The maximum atomic E-state index is 12.5. The lowest BCUT2D eigenvalue weighted by Crippen LogP contribution is -2.28. The molecule has 0 amide bonds. The van der Waals surface area contributed by atoms with E-state index in [-0.39, 0.29) is 16.6 Å². The van der Waals surface area contributed by atoms with Crippen LogP contribution in [0, 0.1) is 5.92 Å². The highest BCUT2D eigenvalue weighted by atomic mass is 35.5. The summed E-state index contributed by atoms with van der Waals surface area (Å²) in [5, 5.41) is 12.0. The van der Waals surface area contributed by atoms with E-state index in [9.17, 15) is 9.90 Å². The molecule has 0 aliphatic heterocycles. The van der Waals surface area contributed by atoms with Crippen molar-refractivity contribution in [2.24, 2.45) is 5.92 Å². The summed E-state index contributed by atoms with van der Waals surface area (Å²) in [6.45, 7) is 3.69. The predicted molar refractivity (Wildman–Crippen MR) is 103 cm³/mol. The van der Waals surface area contributed by atoms with Gasteiger partial charge in [0.25, 0.3) is 0 Å². The molecule has 0 aliphatic carbocycles. The van der Waals surface area contributed by atoms with Gasteiger partial charge in [0.05, 0.1) is 21.9 Å². The Morgan fingerprint density at radius 2 is 2.00 bits per heavy atom. The van der Waals surface area contributed by atoms with Gasteiger partial charge in [-0.1, -0.05) is 37.0 Å². The molecule has 0 saturated carbocycles. The molecule has 1 aromatic carbocycles. The highest BCUT2D eigenvalue weighted by Crippen LogP contribution is 2.34. The lowest BCUT2D eigenvalue weighted by molar-refractivity contribution is -0.0361. The smallest absolute Gasteiger partial charge is 0.340 e. The molecule has 5 nitrogen and oxygen atoms in total. The number of fused-ring (bicyclic) bond motifs is 1. The molecule has 2 aromatic heterocycles. The zero-order chi connectivity index (χ0) is 18.8. The standard InChI is InChI=1S/C18H16Cl2N2O3S/c1-9(2)15(23)16(25-18(24)10-3-6-14(20)21-8-10)17-22-12-5-4-11(19)7-13(12)26-17/h3-9,15-16,23H,1-2H3. The van der Waals surface area contributed by atoms with E-state index in [1.165, 1.54) is 29.7 Å². The van der Waals surface area contributed by atoms with E-state index < -0.39 is 18.2 Å². The molecule has 0 radical (unpaired) electrons. The van der Waals surface area contributed by atoms with Gasteiger partial charge in [-0.2, -0.15) is 0 Å². The third-order valence-corrected chi connectivity index (χ3v) is 5.34. The Morgan fingerprint density at radius 3 is 2.65 bits per heavy atom. The summed E-state index contributed by atoms with van der Waals surface area (Å²) in [7, 11) is 0. The van der Waals surface area contributed by atoms with E-state index in [0.29, 0.717) is 10.0 Å². The summed E-state index contributed by atoms with van der Waals surface area (Å²) in [6.07, 6.45) is -0.466. The fourth-order valence-electron chi connectivity index (χ4n) is 2.33. The molecule has 8 heteroatoms. The molecule has 3 rings (SSSR count). The van der Waals surface area contributed by atoms with Gasteiger partial charge in [0.1, 0.15) is 10.2 Å². The van der Waals surface area contributed by atoms with Crippen LogP contribution in [0.3, 0.4) is 0 Å². The second-order valence-electron chi connectivity index (χ2n) is 6.09. The first-order chi connectivity index (χ1) is 12.3. The van der Waals surface area contributed by atoms with Crippen LogP contribution in [0.4, 0.5) is 0 Å². The number of hydrogen-bond acceptors (Lipinski definition) is 6. The molecule has 2 atom stereocenters. The zero-order valence-electron chi connectivity index (χ0n) is 14.0. The van der Waals surface area contributed by atoms with Crippen LogP contribution in [-0.4, -0.2) is 27.1 Å². The van der Waals surface area contributed by atoms with Crippen LogP contribution in [0.1, 0.15) is 35.3 Å². The van der Waals surface area contributed by atoms with Crippen molar-refractivity contribution in [3.05, 3.63) is 57.3 Å². The third-order valence-electron chi connectivity index (χ3n) is 3.80. The molecule has 0 saturated heterocycles. The predicted octanol–water partition coefficient (Wildman–Crippen LogP) is 4.91. The average Bonchev–Trinajstić information content (AvgIpc) is 3.02. The maximum absolute atomic E-state index is 12.5. The van der Waals surface area contributed by atoms with Crippen LogP contribution in [0.25, 0.3) is 10.2 Å². The quantitative estimate of drug-likeness (QED) is 0.477. The lowest BCUT2D eigenvalue weighted by atomic mass is 10.0. The number of aliphatic hydroxyl groups excluding tert-OH is 1. The van der Waals surface area contributed by atoms with Crippen LogP contribution in [0.2, 0.25) is 10.2 Å². The van der Waals surface area contributed by atoms with Crippen molar-refractivity contribution >= 4 is 50.7 Å². The van der Waals surface area contributed by atoms with E-state index in [4.69, 9.17) is 27.9 Å². The Kier molecular flexibility index (Phi) is 5.77. The van der Waals surface area contributed by atoms with Crippen LogP contribution >= 0.6 is 34.5 Å². The van der Waals surface area contributed by atoms with E-state index in [0.717, 1.165) is 10.2 Å². The first-order valence-electron chi connectivity index (χ1n) is 7.91. The van der Waals surface area contributed by atoms with Gasteiger partial charge in [-0.15, -0.1) is 11.3 Å². The molecular weight excluding hydrogens is 395 g/mol. The zero-order valence-corrected chi connectivity index (χ0v) is 16.3. The van der Waals surface area contributed by atoms with Crippen molar-refractivity contribution in [2.45, 2.75) is 26.1 Å². The van der Waals surface area contributed by atoms with Crippen LogP contribution < -0.4 is 0 Å². The fourth-order valence-corrected chi connectivity index (χ4v) is 3.76. The number of hydrogen-bond donors (Lipinski definition) is 1. The number of thiazole rings is 1. The number of halogens is 2. The van der Waals surface area contributed by atoms with Gasteiger partial charge >= 0.3 is 5.97 Å². The Labute approximate surface area is 164 Å². The summed E-state index contributed by atoms with van der Waals surface area (Å²) in [5.74, 6) is -0.733. The van der Waals surface area contributed by atoms with Crippen LogP contribution in [-0.2, 0) is 4.74 Å². The van der Waals surface area contributed by atoms with Gasteiger partial charge in [-0.05, 0) is 36.2 Å². The average molecular weight is 411 g/mol. The number of benzene rings is 1. The molecule has 136 valence electrons. The SMILES string of the molecule is CC(C)C(O)C(OC(=O)c1ccc(Cl)nc1)c1nc2ccc(Cl)cc2s1. The fraction of sp³-hybridized carbons (Fsp3) is 0.278. The molecule has 0 fully saturated rings. The van der Waals surface area contributed by atoms with Gasteiger partial charge in [-0.3, -0.25) is 0 Å². The molecular formula is C18H16Cl2N2O3S. The minimum Gasteiger partial charge on any atom is -0.449 e. The number of carbonyl (C=O) groups excluding carboxylic acids is 1. The monoisotopic (exact) mass is 410 g/mol. The van der Waals surface area contributed by atoms with Crippen molar-refractivity contribution in [2.75, 3.05) is 0 Å².